The Morgan fingerprint density at radius 2 is 2.19 bits per heavy atom. The summed E-state index contributed by atoms with van der Waals surface area (Å²) in [4.78, 5) is 4.87. The van der Waals surface area contributed by atoms with E-state index in [9.17, 15) is 5.26 Å². The van der Waals surface area contributed by atoms with Gasteiger partial charge in [-0.25, -0.2) is 0 Å². The average molecular weight is 465 g/mol. The first-order valence-electron chi connectivity index (χ1n) is 3.50. The van der Waals surface area contributed by atoms with Crippen LogP contribution < -0.4 is 34.8 Å². The van der Waals surface area contributed by atoms with Crippen molar-refractivity contribution < 1.29 is 66.6 Å². The average Bonchev–Trinajstić information content (AvgIpc) is 2.54. The van der Waals surface area contributed by atoms with Crippen LogP contribution in [0.15, 0.2) is 27.4 Å². The van der Waals surface area contributed by atoms with Gasteiger partial charge in [-0.15, -0.1) is 0 Å². The van der Waals surface area contributed by atoms with Crippen molar-refractivity contribution in [3.63, 3.8) is 0 Å². The molecule has 0 amide bonds. The zero-order chi connectivity index (χ0) is 9.97. The molecule has 1 heterocycles. The summed E-state index contributed by atoms with van der Waals surface area (Å²) in [7, 11) is 0. The Morgan fingerprint density at radius 3 is 2.88 bits per heavy atom. The van der Waals surface area contributed by atoms with Gasteiger partial charge in [0.2, 0.25) is 0 Å². The molecular weight excluding hydrogens is 462 g/mol. The van der Waals surface area contributed by atoms with Crippen LogP contribution in [0.1, 0.15) is 0 Å². The third-order valence-corrected chi connectivity index (χ3v) is 3.24. The maximum atomic E-state index is 9.60. The summed E-state index contributed by atoms with van der Waals surface area (Å²) in [6, 6.07) is 5.46. The molecule has 0 aliphatic heterocycles. The Kier molecular flexibility index (Phi) is 9.09. The minimum Gasteiger partial charge on any atom is -0.691 e. The quantitative estimate of drug-likeness (QED) is 0.180. The van der Waals surface area contributed by atoms with Crippen LogP contribution in [0.3, 0.4) is 0 Å². The number of fused-ring (bicyclic) bond motifs is 1. The number of rotatable bonds is 3. The minimum atomic E-state index is 0. The maximum Gasteiger partial charge on any atom is 1.00 e. The van der Waals surface area contributed by atoms with E-state index in [1.54, 1.807) is 12.1 Å². The smallest absolute Gasteiger partial charge is 0.691 e. The Labute approximate surface area is 143 Å². The van der Waals surface area contributed by atoms with Crippen molar-refractivity contribution in [2.45, 2.75) is 9.24 Å². The monoisotopic (exact) mass is 465 g/mol. The molecule has 0 aliphatic carbocycles. The molecule has 4 nitrogen and oxygen atoms in total. The van der Waals surface area contributed by atoms with E-state index < -0.39 is 0 Å². The molecular formula is C7H3AuNNaO3S3. The van der Waals surface area contributed by atoms with Gasteiger partial charge in [0, 0.05) is 4.90 Å². The van der Waals surface area contributed by atoms with Crippen LogP contribution in [0.25, 0.3) is 10.2 Å². The standard InChI is InChI=1S/C7H5NO3S3.Au.Na/c9-10-11-14-4-1-2-6-5(3-4)8-7(12)13-6;;/h1-3,9H,(H,8,12);;/q;2*+1/p-2. The number of hydrogen-bond acceptors (Lipinski definition) is 7. The maximum absolute atomic E-state index is 9.60. The van der Waals surface area contributed by atoms with Gasteiger partial charge >= 0.3 is 51.9 Å². The summed E-state index contributed by atoms with van der Waals surface area (Å²) in [5, 5.41) is 12.8. The van der Waals surface area contributed by atoms with Crippen LogP contribution in [0.4, 0.5) is 0 Å². The number of benzene rings is 1. The summed E-state index contributed by atoms with van der Waals surface area (Å²) in [6.45, 7) is 0. The normalized spacial score (nSPS) is 9.56. The number of nitrogens with zero attached hydrogens (tertiary/aromatic N) is 1. The zero-order valence-electron chi connectivity index (χ0n) is 7.93. The Hall–Kier alpha value is 1.30. The van der Waals surface area contributed by atoms with Crippen LogP contribution in [0, 0.1) is 0 Å². The fraction of sp³-hybridized carbons (Fsp3) is 0. The molecule has 84 valence electrons. The van der Waals surface area contributed by atoms with Gasteiger partial charge in [0.05, 0.1) is 17.6 Å². The van der Waals surface area contributed by atoms with Gasteiger partial charge in [-0.2, -0.15) is 4.33 Å². The number of aromatic nitrogens is 1. The third-order valence-electron chi connectivity index (χ3n) is 1.50. The zero-order valence-corrected chi connectivity index (χ0v) is 14.5. The van der Waals surface area contributed by atoms with Crippen LogP contribution in [-0.2, 0) is 44.4 Å². The first kappa shape index (κ1) is 17.3. The van der Waals surface area contributed by atoms with Gasteiger partial charge < -0.3 is 29.2 Å². The molecule has 0 saturated carbocycles. The van der Waals surface area contributed by atoms with E-state index >= 15 is 0 Å². The number of hydrogen-bond donors (Lipinski definition) is 0. The Morgan fingerprint density at radius 1 is 1.44 bits per heavy atom. The van der Waals surface area contributed by atoms with Crippen LogP contribution in [0.5, 0.6) is 0 Å². The van der Waals surface area contributed by atoms with Crippen molar-refractivity contribution >= 4 is 46.2 Å². The largest absolute Gasteiger partial charge is 1.00 e. The fourth-order valence-corrected chi connectivity index (χ4v) is 2.43. The summed E-state index contributed by atoms with van der Waals surface area (Å²) in [5.74, 6) is 0. The predicted octanol–water partition coefficient (Wildman–Crippen LogP) is -1.57. The predicted molar refractivity (Wildman–Crippen MR) is 53.3 cm³/mol. The molecule has 16 heavy (non-hydrogen) atoms. The van der Waals surface area contributed by atoms with Gasteiger partial charge in [-0.3, -0.25) is 10.0 Å². The first-order chi connectivity index (χ1) is 6.79. The molecule has 0 saturated heterocycles. The fourth-order valence-electron chi connectivity index (χ4n) is 0.991. The molecule has 9 heteroatoms. The summed E-state index contributed by atoms with van der Waals surface area (Å²) in [5.41, 5.74) is 0.805. The summed E-state index contributed by atoms with van der Waals surface area (Å²) >= 11 is 7.22. The van der Waals surface area contributed by atoms with E-state index in [4.69, 9.17) is 12.6 Å². The molecule has 2 rings (SSSR count). The van der Waals surface area contributed by atoms with Gasteiger partial charge in [0.15, 0.2) is 0 Å². The van der Waals surface area contributed by atoms with Crippen LogP contribution in [0.2, 0.25) is 0 Å². The summed E-state index contributed by atoms with van der Waals surface area (Å²) < 4.78 is 5.80. The minimum absolute atomic E-state index is 0. The van der Waals surface area contributed by atoms with Crippen molar-refractivity contribution in [1.29, 1.82) is 0 Å². The van der Waals surface area contributed by atoms with Gasteiger partial charge in [0.1, 0.15) is 0 Å². The number of thiazole rings is 1. The van der Waals surface area contributed by atoms with E-state index in [-0.39, 0.29) is 51.9 Å². The van der Waals surface area contributed by atoms with Gasteiger partial charge in [0.25, 0.3) is 0 Å². The molecule has 0 spiro atoms. The van der Waals surface area contributed by atoms with Crippen LogP contribution >= 0.6 is 23.4 Å². The molecule has 0 radical (unpaired) electrons. The molecule has 1 aromatic heterocycles. The molecule has 2 aromatic rings. The van der Waals surface area contributed by atoms with Crippen LogP contribution in [-0.4, -0.2) is 4.98 Å². The molecule has 0 fully saturated rings. The molecule has 1 aromatic carbocycles. The molecule has 0 atom stereocenters. The second-order valence-electron chi connectivity index (χ2n) is 2.33. The molecule has 0 N–H and O–H groups in total. The van der Waals surface area contributed by atoms with E-state index in [1.165, 1.54) is 11.3 Å². The van der Waals surface area contributed by atoms with Crippen molar-refractivity contribution in [3.05, 3.63) is 18.2 Å². The molecule has 0 aliphatic rings. The topological polar surface area (TPSA) is 54.4 Å². The molecule has 0 bridgehead atoms. The summed E-state index contributed by atoms with van der Waals surface area (Å²) in [6.07, 6.45) is 0. The van der Waals surface area contributed by atoms with E-state index in [2.05, 4.69) is 14.4 Å². The van der Waals surface area contributed by atoms with Gasteiger partial charge in [-0.05, 0) is 21.2 Å². The van der Waals surface area contributed by atoms with Crippen molar-refractivity contribution in [2.24, 2.45) is 0 Å². The van der Waals surface area contributed by atoms with Crippen molar-refractivity contribution in [2.75, 3.05) is 0 Å². The SMILES string of the molecule is [Au+].[Na+].[O-]OOSc1ccc2sc([S-])nc2c1. The van der Waals surface area contributed by atoms with E-state index in [0.717, 1.165) is 27.2 Å². The van der Waals surface area contributed by atoms with E-state index in [0.29, 0.717) is 4.34 Å². The Bertz CT molecular complexity index is 455. The van der Waals surface area contributed by atoms with Gasteiger partial charge in [-0.1, -0.05) is 6.07 Å². The molecule has 0 unspecified atom stereocenters. The second kappa shape index (κ2) is 8.41. The van der Waals surface area contributed by atoms with Crippen molar-refractivity contribution in [1.82, 2.24) is 4.98 Å². The Balaban J connectivity index is 0.00000112. The van der Waals surface area contributed by atoms with E-state index in [1.807, 2.05) is 6.07 Å². The third kappa shape index (κ3) is 4.52. The van der Waals surface area contributed by atoms with Crippen molar-refractivity contribution in [3.8, 4) is 0 Å². The second-order valence-corrected chi connectivity index (χ2v) is 4.78. The first-order valence-corrected chi connectivity index (χ1v) is 5.47.